The average molecular weight is 304 g/mol. The topological polar surface area (TPSA) is 70.5 Å². The fourth-order valence-electron chi connectivity index (χ4n) is 2.49. The van der Waals surface area contributed by atoms with Gasteiger partial charge < -0.3 is 14.0 Å². The third-order valence-electron chi connectivity index (χ3n) is 4.69. The Hall–Kier alpha value is -1.31. The lowest BCUT2D eigenvalue weighted by Crippen LogP contribution is -2.41. The van der Waals surface area contributed by atoms with Crippen molar-refractivity contribution < 1.29 is 18.8 Å². The van der Waals surface area contributed by atoms with E-state index in [1.807, 2.05) is 27.7 Å². The maximum atomic E-state index is 11.9. The molecular formula is C15H21BN2O4. The highest BCUT2D eigenvalue weighted by Gasteiger charge is 2.52. The number of carbonyl (C=O) groups is 1. The van der Waals surface area contributed by atoms with E-state index in [0.29, 0.717) is 25.5 Å². The minimum absolute atomic E-state index is 0.134. The van der Waals surface area contributed by atoms with E-state index >= 15 is 0 Å². The molecule has 0 spiro atoms. The average Bonchev–Trinajstić information content (AvgIpc) is 2.68. The first-order valence-electron chi connectivity index (χ1n) is 7.58. The Balaban J connectivity index is 1.76. The first-order valence-corrected chi connectivity index (χ1v) is 7.58. The van der Waals surface area contributed by atoms with Crippen molar-refractivity contribution in [2.24, 2.45) is 0 Å². The first kappa shape index (κ1) is 15.6. The van der Waals surface area contributed by atoms with Gasteiger partial charge in [0.25, 0.3) is 0 Å². The lowest BCUT2D eigenvalue weighted by molar-refractivity contribution is -0.126. The summed E-state index contributed by atoms with van der Waals surface area (Å²) in [7, 11) is -0.489. The van der Waals surface area contributed by atoms with E-state index < -0.39 is 18.3 Å². The summed E-state index contributed by atoms with van der Waals surface area (Å²) in [6.45, 7) is 8.84. The SMILES string of the molecule is CC1(C)OB(c2cnc(C3COCCC3=O)nc2)OC1(C)C. The number of hydrogen-bond donors (Lipinski definition) is 0. The van der Waals surface area contributed by atoms with Gasteiger partial charge in [0.15, 0.2) is 0 Å². The lowest BCUT2D eigenvalue weighted by Gasteiger charge is -2.32. The van der Waals surface area contributed by atoms with Crippen molar-refractivity contribution in [3.05, 3.63) is 18.2 Å². The second-order valence-electron chi connectivity index (χ2n) is 6.81. The minimum atomic E-state index is -0.489. The number of ether oxygens (including phenoxy) is 1. The number of ketones is 1. The van der Waals surface area contributed by atoms with Gasteiger partial charge in [-0.15, -0.1) is 0 Å². The summed E-state index contributed by atoms with van der Waals surface area (Å²) in [5, 5.41) is 0. The van der Waals surface area contributed by atoms with E-state index in [1.54, 1.807) is 12.4 Å². The monoisotopic (exact) mass is 304 g/mol. The van der Waals surface area contributed by atoms with Crippen LogP contribution in [0.1, 0.15) is 45.9 Å². The van der Waals surface area contributed by atoms with Crippen LogP contribution in [0.4, 0.5) is 0 Å². The Labute approximate surface area is 130 Å². The fourth-order valence-corrected chi connectivity index (χ4v) is 2.49. The van der Waals surface area contributed by atoms with Crippen LogP contribution in [0.5, 0.6) is 0 Å². The molecule has 118 valence electrons. The van der Waals surface area contributed by atoms with Crippen molar-refractivity contribution in [2.75, 3.05) is 13.2 Å². The summed E-state index contributed by atoms with van der Waals surface area (Å²) < 4.78 is 17.3. The van der Waals surface area contributed by atoms with Crippen LogP contribution in [-0.4, -0.2) is 47.3 Å². The predicted octanol–water partition coefficient (Wildman–Crippen LogP) is 0.849. The van der Waals surface area contributed by atoms with Gasteiger partial charge in [-0.05, 0) is 27.7 Å². The van der Waals surface area contributed by atoms with Crippen molar-refractivity contribution in [1.29, 1.82) is 0 Å². The van der Waals surface area contributed by atoms with E-state index in [2.05, 4.69) is 9.97 Å². The van der Waals surface area contributed by atoms with Gasteiger partial charge in [0.2, 0.25) is 0 Å². The van der Waals surface area contributed by atoms with Crippen LogP contribution in [0, 0.1) is 0 Å². The number of nitrogens with zero attached hydrogens (tertiary/aromatic N) is 2. The Bertz CT molecular complexity index is 557. The normalized spacial score (nSPS) is 27.2. The first-order chi connectivity index (χ1) is 10.3. The molecule has 2 aliphatic heterocycles. The number of hydrogen-bond acceptors (Lipinski definition) is 6. The van der Waals surface area contributed by atoms with Gasteiger partial charge in [-0.1, -0.05) is 0 Å². The number of aromatic nitrogens is 2. The van der Waals surface area contributed by atoms with Crippen LogP contribution in [0.25, 0.3) is 0 Å². The molecule has 3 rings (SSSR count). The molecule has 0 radical (unpaired) electrons. The molecule has 0 saturated carbocycles. The van der Waals surface area contributed by atoms with Crippen LogP contribution >= 0.6 is 0 Å². The molecule has 1 unspecified atom stereocenters. The predicted molar refractivity (Wildman–Crippen MR) is 80.9 cm³/mol. The molecule has 1 aromatic rings. The number of carbonyl (C=O) groups excluding carboxylic acids is 1. The summed E-state index contributed by atoms with van der Waals surface area (Å²) in [6.07, 6.45) is 3.77. The highest BCUT2D eigenvalue weighted by atomic mass is 16.7. The molecule has 3 heterocycles. The molecule has 2 fully saturated rings. The second-order valence-corrected chi connectivity index (χ2v) is 6.81. The molecule has 7 heteroatoms. The molecule has 0 bridgehead atoms. The van der Waals surface area contributed by atoms with Crippen molar-refractivity contribution in [2.45, 2.75) is 51.2 Å². The third kappa shape index (κ3) is 2.68. The molecule has 0 N–H and O–H groups in total. The summed E-state index contributed by atoms with van der Waals surface area (Å²) >= 11 is 0. The van der Waals surface area contributed by atoms with Crippen molar-refractivity contribution >= 4 is 18.4 Å². The van der Waals surface area contributed by atoms with E-state index in [9.17, 15) is 4.79 Å². The van der Waals surface area contributed by atoms with Crippen molar-refractivity contribution in [1.82, 2.24) is 9.97 Å². The summed E-state index contributed by atoms with van der Waals surface area (Å²) in [5.41, 5.74) is -0.0425. The third-order valence-corrected chi connectivity index (χ3v) is 4.69. The Morgan fingerprint density at radius 1 is 1.14 bits per heavy atom. The van der Waals surface area contributed by atoms with Crippen LogP contribution in [0.3, 0.4) is 0 Å². The zero-order valence-corrected chi connectivity index (χ0v) is 13.5. The molecule has 22 heavy (non-hydrogen) atoms. The van der Waals surface area contributed by atoms with Crippen LogP contribution in [0.2, 0.25) is 0 Å². The van der Waals surface area contributed by atoms with Gasteiger partial charge in [0.05, 0.1) is 24.4 Å². The van der Waals surface area contributed by atoms with Gasteiger partial charge in [-0.2, -0.15) is 0 Å². The van der Waals surface area contributed by atoms with Gasteiger partial charge in [-0.3, -0.25) is 4.79 Å². The van der Waals surface area contributed by atoms with E-state index in [-0.39, 0.29) is 11.7 Å². The molecule has 0 amide bonds. The Morgan fingerprint density at radius 2 is 1.73 bits per heavy atom. The molecular weight excluding hydrogens is 283 g/mol. The molecule has 2 saturated heterocycles. The van der Waals surface area contributed by atoms with Gasteiger partial charge in [0.1, 0.15) is 17.5 Å². The quantitative estimate of drug-likeness (QED) is 0.754. The van der Waals surface area contributed by atoms with Crippen LogP contribution in [-0.2, 0) is 18.8 Å². The van der Waals surface area contributed by atoms with E-state index in [4.69, 9.17) is 14.0 Å². The smallest absolute Gasteiger partial charge is 0.399 e. The summed E-state index contributed by atoms with van der Waals surface area (Å²) in [6, 6.07) is 0. The summed E-state index contributed by atoms with van der Waals surface area (Å²) in [4.78, 5) is 20.5. The van der Waals surface area contributed by atoms with Gasteiger partial charge in [-0.25, -0.2) is 9.97 Å². The highest BCUT2D eigenvalue weighted by molar-refractivity contribution is 6.61. The zero-order chi connectivity index (χ0) is 16.0. The highest BCUT2D eigenvalue weighted by Crippen LogP contribution is 2.36. The van der Waals surface area contributed by atoms with Gasteiger partial charge in [0, 0.05) is 24.3 Å². The van der Waals surface area contributed by atoms with E-state index in [1.165, 1.54) is 0 Å². The van der Waals surface area contributed by atoms with Crippen LogP contribution < -0.4 is 5.46 Å². The van der Waals surface area contributed by atoms with Gasteiger partial charge >= 0.3 is 7.12 Å². The molecule has 6 nitrogen and oxygen atoms in total. The number of rotatable bonds is 2. The molecule has 1 aromatic heterocycles. The zero-order valence-electron chi connectivity index (χ0n) is 13.5. The Morgan fingerprint density at radius 3 is 2.27 bits per heavy atom. The minimum Gasteiger partial charge on any atom is -0.399 e. The van der Waals surface area contributed by atoms with Crippen molar-refractivity contribution in [3.63, 3.8) is 0 Å². The fraction of sp³-hybridized carbons (Fsp3) is 0.667. The lowest BCUT2D eigenvalue weighted by atomic mass is 9.81. The largest absolute Gasteiger partial charge is 0.498 e. The maximum Gasteiger partial charge on any atom is 0.498 e. The number of Topliss-reactive ketones (excluding diaryl/α,β-unsaturated/α-hetero) is 1. The Kier molecular flexibility index (Phi) is 3.83. The molecule has 0 aromatic carbocycles. The van der Waals surface area contributed by atoms with Crippen LogP contribution in [0.15, 0.2) is 12.4 Å². The van der Waals surface area contributed by atoms with E-state index in [0.717, 1.165) is 5.46 Å². The second kappa shape index (κ2) is 5.40. The van der Waals surface area contributed by atoms with Crippen molar-refractivity contribution in [3.8, 4) is 0 Å². The molecule has 1 atom stereocenters. The molecule has 2 aliphatic rings. The standard InChI is InChI=1S/C15H21BN2O4/c1-14(2)15(3,4)22-16(21-14)10-7-17-13(18-8-10)11-9-20-6-5-12(11)19/h7-8,11H,5-6,9H2,1-4H3. The maximum absolute atomic E-state index is 11.9. The molecule has 0 aliphatic carbocycles. The summed E-state index contributed by atoms with van der Waals surface area (Å²) in [5.74, 6) is 0.278.